The normalized spacial score (nSPS) is 21.6. The van der Waals surface area contributed by atoms with E-state index in [0.29, 0.717) is 5.92 Å². The van der Waals surface area contributed by atoms with Gasteiger partial charge in [0.1, 0.15) is 5.65 Å². The van der Waals surface area contributed by atoms with Gasteiger partial charge in [0.25, 0.3) is 0 Å². The lowest BCUT2D eigenvalue weighted by Crippen LogP contribution is -2.34. The Hall–Kier alpha value is -0.870. The molecule has 3 nitrogen and oxygen atoms in total. The average molecular weight is 308 g/mol. The predicted molar refractivity (Wildman–Crippen MR) is 77.0 cm³/mol. The summed E-state index contributed by atoms with van der Waals surface area (Å²) in [7, 11) is 0. The van der Waals surface area contributed by atoms with Crippen LogP contribution in [0.2, 0.25) is 0 Å². The van der Waals surface area contributed by atoms with Gasteiger partial charge in [-0.05, 0) is 54.0 Å². The van der Waals surface area contributed by atoms with Crippen LogP contribution in [0.1, 0.15) is 31.4 Å². The third kappa shape index (κ3) is 2.19. The average Bonchev–Trinajstić information content (AvgIpc) is 2.84. The smallest absolute Gasteiger partial charge is 0.137 e. The van der Waals surface area contributed by atoms with Gasteiger partial charge in [0.15, 0.2) is 0 Å². The SMILES string of the molecule is CCN1CCCC(c2cn3c(Br)cccc3n2)C1. The van der Waals surface area contributed by atoms with E-state index >= 15 is 0 Å². The van der Waals surface area contributed by atoms with Crippen LogP contribution < -0.4 is 0 Å². The summed E-state index contributed by atoms with van der Waals surface area (Å²) >= 11 is 3.57. The Kier molecular flexibility index (Phi) is 3.39. The Morgan fingerprint density at radius 1 is 1.44 bits per heavy atom. The molecule has 0 bridgehead atoms. The van der Waals surface area contributed by atoms with Crippen LogP contribution in [0.25, 0.3) is 5.65 Å². The lowest BCUT2D eigenvalue weighted by molar-refractivity contribution is 0.216. The molecule has 4 heteroatoms. The van der Waals surface area contributed by atoms with Crippen LogP contribution in [-0.2, 0) is 0 Å². The zero-order valence-corrected chi connectivity index (χ0v) is 12.2. The zero-order valence-electron chi connectivity index (χ0n) is 10.6. The van der Waals surface area contributed by atoms with Crippen molar-refractivity contribution < 1.29 is 0 Å². The molecule has 0 spiro atoms. The molecule has 2 aromatic rings. The van der Waals surface area contributed by atoms with Gasteiger partial charge < -0.3 is 4.90 Å². The standard InChI is InChI=1S/C14H18BrN3/c1-2-17-8-4-5-11(9-17)12-10-18-13(15)6-3-7-14(18)16-12/h3,6-7,10-11H,2,4-5,8-9H2,1H3. The third-order valence-corrected chi connectivity index (χ3v) is 4.48. The van der Waals surface area contributed by atoms with Crippen molar-refractivity contribution in [2.75, 3.05) is 19.6 Å². The monoisotopic (exact) mass is 307 g/mol. The topological polar surface area (TPSA) is 20.5 Å². The van der Waals surface area contributed by atoms with Crippen LogP contribution in [0.3, 0.4) is 0 Å². The highest BCUT2D eigenvalue weighted by atomic mass is 79.9. The summed E-state index contributed by atoms with van der Waals surface area (Å²) in [5.41, 5.74) is 2.27. The number of halogens is 1. The molecule has 0 amide bonds. The molecule has 2 aromatic heterocycles. The van der Waals surface area contributed by atoms with Gasteiger partial charge in [-0.15, -0.1) is 0 Å². The Balaban J connectivity index is 1.92. The molecule has 1 aliphatic heterocycles. The minimum Gasteiger partial charge on any atom is -0.303 e. The molecule has 3 heterocycles. The summed E-state index contributed by atoms with van der Waals surface area (Å²) in [6, 6.07) is 6.15. The molecule has 0 saturated carbocycles. The summed E-state index contributed by atoms with van der Waals surface area (Å²) in [4.78, 5) is 7.29. The minimum absolute atomic E-state index is 0.588. The van der Waals surface area contributed by atoms with Crippen molar-refractivity contribution in [3.63, 3.8) is 0 Å². The fraction of sp³-hybridized carbons (Fsp3) is 0.500. The maximum atomic E-state index is 4.77. The van der Waals surface area contributed by atoms with Gasteiger partial charge in [-0.25, -0.2) is 4.98 Å². The third-order valence-electron chi connectivity index (χ3n) is 3.83. The van der Waals surface area contributed by atoms with E-state index in [-0.39, 0.29) is 0 Å². The molecule has 0 aliphatic carbocycles. The van der Waals surface area contributed by atoms with Crippen LogP contribution in [0, 0.1) is 0 Å². The van der Waals surface area contributed by atoms with E-state index in [1.54, 1.807) is 0 Å². The van der Waals surface area contributed by atoms with E-state index in [1.807, 2.05) is 6.07 Å². The molecule has 0 radical (unpaired) electrons. The Labute approximate surface area is 116 Å². The number of rotatable bonds is 2. The first-order valence-electron chi connectivity index (χ1n) is 6.64. The van der Waals surface area contributed by atoms with Crippen molar-refractivity contribution in [1.29, 1.82) is 0 Å². The number of aromatic nitrogens is 2. The van der Waals surface area contributed by atoms with Crippen molar-refractivity contribution in [3.05, 3.63) is 34.7 Å². The van der Waals surface area contributed by atoms with Crippen LogP contribution in [0.5, 0.6) is 0 Å². The second-order valence-electron chi connectivity index (χ2n) is 4.97. The number of likely N-dealkylation sites (N-methyl/N-ethyl adjacent to an activating group) is 1. The van der Waals surface area contributed by atoms with Gasteiger partial charge in [-0.3, -0.25) is 4.40 Å². The Morgan fingerprint density at radius 2 is 2.33 bits per heavy atom. The fourth-order valence-electron chi connectivity index (χ4n) is 2.78. The van der Waals surface area contributed by atoms with E-state index in [4.69, 9.17) is 4.98 Å². The largest absolute Gasteiger partial charge is 0.303 e. The number of pyridine rings is 1. The van der Waals surface area contributed by atoms with Crippen LogP contribution in [0.4, 0.5) is 0 Å². The van der Waals surface area contributed by atoms with Gasteiger partial charge in [0, 0.05) is 18.7 Å². The van der Waals surface area contributed by atoms with E-state index in [0.717, 1.165) is 23.3 Å². The molecule has 0 N–H and O–H groups in total. The number of imidazole rings is 1. The summed E-state index contributed by atoms with van der Waals surface area (Å²) in [5, 5.41) is 0. The maximum Gasteiger partial charge on any atom is 0.137 e. The molecular formula is C14H18BrN3. The van der Waals surface area contributed by atoms with Gasteiger partial charge in [0.2, 0.25) is 0 Å². The van der Waals surface area contributed by atoms with Crippen LogP contribution >= 0.6 is 15.9 Å². The predicted octanol–water partition coefficient (Wildman–Crippen LogP) is 3.30. The lowest BCUT2D eigenvalue weighted by atomic mass is 9.95. The van der Waals surface area contributed by atoms with Gasteiger partial charge in [0.05, 0.1) is 10.3 Å². The number of hydrogen-bond donors (Lipinski definition) is 0. The highest BCUT2D eigenvalue weighted by Gasteiger charge is 2.22. The van der Waals surface area contributed by atoms with E-state index < -0.39 is 0 Å². The molecule has 18 heavy (non-hydrogen) atoms. The molecule has 0 aromatic carbocycles. The number of fused-ring (bicyclic) bond motifs is 1. The van der Waals surface area contributed by atoms with Gasteiger partial charge >= 0.3 is 0 Å². The minimum atomic E-state index is 0.588. The second kappa shape index (κ2) is 5.02. The Morgan fingerprint density at radius 3 is 3.11 bits per heavy atom. The number of nitrogens with zero attached hydrogens (tertiary/aromatic N) is 3. The molecule has 1 aliphatic rings. The van der Waals surface area contributed by atoms with Crippen molar-refractivity contribution >= 4 is 21.6 Å². The molecule has 96 valence electrons. The van der Waals surface area contributed by atoms with Crippen molar-refractivity contribution in [1.82, 2.24) is 14.3 Å². The number of likely N-dealkylation sites (tertiary alicyclic amines) is 1. The van der Waals surface area contributed by atoms with E-state index in [9.17, 15) is 0 Å². The molecular weight excluding hydrogens is 290 g/mol. The number of piperidine rings is 1. The van der Waals surface area contributed by atoms with Gasteiger partial charge in [-0.1, -0.05) is 13.0 Å². The highest BCUT2D eigenvalue weighted by molar-refractivity contribution is 9.10. The fourth-order valence-corrected chi connectivity index (χ4v) is 3.21. The summed E-state index contributed by atoms with van der Waals surface area (Å²) < 4.78 is 3.20. The van der Waals surface area contributed by atoms with Gasteiger partial charge in [-0.2, -0.15) is 0 Å². The molecule has 1 atom stereocenters. The highest BCUT2D eigenvalue weighted by Crippen LogP contribution is 2.27. The zero-order chi connectivity index (χ0) is 12.5. The molecule has 1 fully saturated rings. The Bertz CT molecular complexity index is 549. The maximum absolute atomic E-state index is 4.77. The first-order chi connectivity index (χ1) is 8.78. The van der Waals surface area contributed by atoms with Crippen LogP contribution in [0.15, 0.2) is 29.0 Å². The molecule has 1 saturated heterocycles. The van der Waals surface area contributed by atoms with Crippen molar-refractivity contribution in [2.24, 2.45) is 0 Å². The van der Waals surface area contributed by atoms with E-state index in [1.165, 1.54) is 25.1 Å². The first-order valence-corrected chi connectivity index (χ1v) is 7.43. The summed E-state index contributed by atoms with van der Waals surface area (Å²) in [5.74, 6) is 0.588. The molecule has 1 unspecified atom stereocenters. The number of hydrogen-bond acceptors (Lipinski definition) is 2. The van der Waals surface area contributed by atoms with Crippen molar-refractivity contribution in [2.45, 2.75) is 25.7 Å². The summed E-state index contributed by atoms with van der Waals surface area (Å²) in [6.45, 7) is 5.78. The van der Waals surface area contributed by atoms with Crippen LogP contribution in [-0.4, -0.2) is 33.9 Å². The summed E-state index contributed by atoms with van der Waals surface area (Å²) in [6.07, 6.45) is 4.73. The molecule has 3 rings (SSSR count). The first kappa shape index (κ1) is 12.2. The van der Waals surface area contributed by atoms with E-state index in [2.05, 4.69) is 50.5 Å². The van der Waals surface area contributed by atoms with Crippen molar-refractivity contribution in [3.8, 4) is 0 Å². The lowest BCUT2D eigenvalue weighted by Gasteiger charge is -2.30. The second-order valence-corrected chi connectivity index (χ2v) is 5.79. The quantitative estimate of drug-likeness (QED) is 0.794.